The number of thiazole rings is 1. The van der Waals surface area contributed by atoms with Crippen LogP contribution in [-0.2, 0) is 0 Å². The number of nitrogens with zero attached hydrogens (tertiary/aromatic N) is 4. The minimum Gasteiger partial charge on any atom is -0.477 e. The summed E-state index contributed by atoms with van der Waals surface area (Å²) in [6.07, 6.45) is -0.975. The fourth-order valence-corrected chi connectivity index (χ4v) is 4.71. The normalized spacial score (nSPS) is 14.3. The van der Waals surface area contributed by atoms with Crippen LogP contribution in [0, 0.1) is 0 Å². The zero-order chi connectivity index (χ0) is 22.2. The molecule has 1 atom stereocenters. The second-order valence-corrected chi connectivity index (χ2v) is 8.57. The summed E-state index contributed by atoms with van der Waals surface area (Å²) in [5.74, 6) is -1.07. The van der Waals surface area contributed by atoms with Crippen LogP contribution in [0.3, 0.4) is 0 Å². The van der Waals surface area contributed by atoms with E-state index in [1.165, 1.54) is 17.4 Å². The molecule has 3 heterocycles. The Labute approximate surface area is 188 Å². The van der Waals surface area contributed by atoms with Crippen LogP contribution in [0.15, 0.2) is 60.7 Å². The average Bonchev–Trinajstić information content (AvgIpc) is 3.21. The summed E-state index contributed by atoms with van der Waals surface area (Å²) in [5, 5.41) is 24.1. The van der Waals surface area contributed by atoms with Crippen molar-refractivity contribution in [3.8, 4) is 11.3 Å². The highest BCUT2D eigenvalue weighted by atomic mass is 32.1. The first-order chi connectivity index (χ1) is 15.5. The quantitative estimate of drug-likeness (QED) is 0.398. The zero-order valence-electron chi connectivity index (χ0n) is 17.3. The maximum atomic E-state index is 11.3. The number of carboxylic acid groups (broad SMARTS) is 1. The molecule has 1 aliphatic rings. The Bertz CT molecular complexity index is 1270. The third kappa shape index (κ3) is 3.72. The lowest BCUT2D eigenvalue weighted by Gasteiger charge is -2.39. The molecule has 162 valence electrons. The minimum absolute atomic E-state index is 0.00766. The number of fused-ring (bicyclic) bond motifs is 2. The van der Waals surface area contributed by atoms with Crippen LogP contribution < -0.4 is 15.1 Å². The van der Waals surface area contributed by atoms with Crippen molar-refractivity contribution in [3.63, 3.8) is 0 Å². The van der Waals surface area contributed by atoms with Gasteiger partial charge in [-0.2, -0.15) is 0 Å². The van der Waals surface area contributed by atoms with E-state index in [0.717, 1.165) is 33.7 Å². The molecule has 0 bridgehead atoms. The number of carboxylic acids is 1. The van der Waals surface area contributed by atoms with Gasteiger partial charge in [0, 0.05) is 25.7 Å². The van der Waals surface area contributed by atoms with Crippen molar-refractivity contribution < 1.29 is 15.0 Å². The number of aliphatic hydroxyl groups is 1. The first kappa shape index (κ1) is 20.2. The van der Waals surface area contributed by atoms with Gasteiger partial charge in [-0.3, -0.25) is 0 Å². The number of aliphatic hydroxyl groups excluding tert-OH is 1. The second-order valence-electron chi connectivity index (χ2n) is 7.54. The maximum Gasteiger partial charge on any atom is 0.354 e. The first-order valence-corrected chi connectivity index (χ1v) is 10.9. The summed E-state index contributed by atoms with van der Waals surface area (Å²) in [6, 6.07) is 18.6. The van der Waals surface area contributed by atoms with E-state index in [1.807, 2.05) is 54.4 Å². The van der Waals surface area contributed by atoms with Crippen molar-refractivity contribution in [2.24, 2.45) is 0 Å². The number of aromatic carboxylic acids is 1. The van der Waals surface area contributed by atoms with E-state index in [4.69, 9.17) is 0 Å². The van der Waals surface area contributed by atoms with Crippen molar-refractivity contribution in [1.82, 2.24) is 9.97 Å². The number of nitrogens with one attached hydrogen (secondary N) is 1. The van der Waals surface area contributed by atoms with E-state index < -0.39 is 12.3 Å². The van der Waals surface area contributed by atoms with Crippen LogP contribution in [0.2, 0.25) is 0 Å². The molecule has 4 aromatic rings. The van der Waals surface area contributed by atoms with Gasteiger partial charge in [0.2, 0.25) is 6.35 Å². The number of anilines is 3. The molecule has 1 aliphatic heterocycles. The number of hydrogen-bond donors (Lipinski definition) is 3. The van der Waals surface area contributed by atoms with Crippen molar-refractivity contribution in [3.05, 3.63) is 66.4 Å². The molecule has 0 saturated heterocycles. The smallest absolute Gasteiger partial charge is 0.354 e. The Hall–Kier alpha value is -3.69. The van der Waals surface area contributed by atoms with E-state index in [-0.39, 0.29) is 5.69 Å². The van der Waals surface area contributed by atoms with Crippen LogP contribution in [0.1, 0.15) is 10.5 Å². The third-order valence-corrected chi connectivity index (χ3v) is 6.45. The molecule has 5 rings (SSSR count). The Morgan fingerprint density at radius 3 is 2.72 bits per heavy atom. The minimum atomic E-state index is -1.07. The van der Waals surface area contributed by atoms with Crippen molar-refractivity contribution in [2.45, 2.75) is 6.35 Å². The van der Waals surface area contributed by atoms with Crippen LogP contribution in [0.5, 0.6) is 0 Å². The predicted octanol–water partition coefficient (Wildman–Crippen LogP) is 3.70. The molecule has 2 aromatic heterocycles. The van der Waals surface area contributed by atoms with Gasteiger partial charge < -0.3 is 25.3 Å². The highest BCUT2D eigenvalue weighted by molar-refractivity contribution is 7.22. The van der Waals surface area contributed by atoms with E-state index in [0.29, 0.717) is 17.4 Å². The predicted molar refractivity (Wildman–Crippen MR) is 126 cm³/mol. The molecule has 0 aliphatic carbocycles. The number of aromatic nitrogens is 2. The topological polar surface area (TPSA) is 102 Å². The molecular weight excluding hydrogens is 426 g/mol. The van der Waals surface area contributed by atoms with Gasteiger partial charge in [-0.15, -0.1) is 0 Å². The molecule has 9 heteroatoms. The number of likely N-dealkylation sites (N-methyl/N-ethyl adjacent to an activating group) is 1. The first-order valence-electron chi connectivity index (χ1n) is 10.1. The monoisotopic (exact) mass is 447 g/mol. The van der Waals surface area contributed by atoms with Crippen LogP contribution in [0.4, 0.5) is 16.5 Å². The second kappa shape index (κ2) is 8.10. The van der Waals surface area contributed by atoms with E-state index >= 15 is 0 Å². The molecule has 2 aromatic carbocycles. The lowest BCUT2D eigenvalue weighted by molar-refractivity contribution is 0.0690. The highest BCUT2D eigenvalue weighted by Crippen LogP contribution is 2.37. The SMILES string of the molecule is CN1CCN(C(O)Nc2nc3ccccc3s2)c2cc(-c3cccc(C(=O)O)n3)ccc21. The Morgan fingerprint density at radius 1 is 1.06 bits per heavy atom. The van der Waals surface area contributed by atoms with E-state index in [9.17, 15) is 15.0 Å². The summed E-state index contributed by atoms with van der Waals surface area (Å²) >= 11 is 1.49. The number of benzene rings is 2. The summed E-state index contributed by atoms with van der Waals surface area (Å²) in [6.45, 7) is 1.35. The fourth-order valence-electron chi connectivity index (χ4n) is 3.83. The standard InChI is InChI=1S/C23H21N5O3S/c1-27-11-12-28(23(31)26-22-25-16-5-2-3-8-20(16)32-22)19-13-14(9-10-18(19)27)15-6-4-7-17(24-15)21(29)30/h2-10,13,23,31H,11-12H2,1H3,(H,25,26)(H,29,30). The number of hydrogen-bond acceptors (Lipinski definition) is 8. The fraction of sp³-hybridized carbons (Fsp3) is 0.174. The summed E-state index contributed by atoms with van der Waals surface area (Å²) in [7, 11) is 2.01. The van der Waals surface area contributed by atoms with Crippen molar-refractivity contribution in [2.75, 3.05) is 35.3 Å². The summed E-state index contributed by atoms with van der Waals surface area (Å²) < 4.78 is 1.05. The lowest BCUT2D eigenvalue weighted by atomic mass is 10.1. The molecule has 0 saturated carbocycles. The number of pyridine rings is 1. The zero-order valence-corrected chi connectivity index (χ0v) is 18.1. The average molecular weight is 448 g/mol. The number of carbonyl (C=O) groups is 1. The number of rotatable bonds is 5. The van der Waals surface area contributed by atoms with Crippen molar-refractivity contribution in [1.29, 1.82) is 0 Å². The molecule has 0 amide bonds. The summed E-state index contributed by atoms with van der Waals surface area (Å²) in [5.41, 5.74) is 4.03. The van der Waals surface area contributed by atoms with Gasteiger partial charge in [0.15, 0.2) is 5.13 Å². The van der Waals surface area contributed by atoms with Crippen LogP contribution in [0.25, 0.3) is 21.5 Å². The third-order valence-electron chi connectivity index (χ3n) is 5.48. The largest absolute Gasteiger partial charge is 0.477 e. The van der Waals surface area contributed by atoms with Gasteiger partial charge in [-0.25, -0.2) is 14.8 Å². The molecule has 3 N–H and O–H groups in total. The molecule has 32 heavy (non-hydrogen) atoms. The maximum absolute atomic E-state index is 11.3. The molecule has 8 nitrogen and oxygen atoms in total. The molecule has 0 fully saturated rings. The molecule has 0 radical (unpaired) electrons. The van der Waals surface area contributed by atoms with Gasteiger partial charge in [-0.05, 0) is 36.4 Å². The van der Waals surface area contributed by atoms with Gasteiger partial charge in [0.1, 0.15) is 5.69 Å². The Balaban J connectivity index is 1.47. The molecule has 1 unspecified atom stereocenters. The Morgan fingerprint density at radius 2 is 1.91 bits per heavy atom. The van der Waals surface area contributed by atoms with Gasteiger partial charge in [0.05, 0.1) is 27.3 Å². The van der Waals surface area contributed by atoms with Crippen molar-refractivity contribution >= 4 is 44.0 Å². The highest BCUT2D eigenvalue weighted by Gasteiger charge is 2.26. The lowest BCUT2D eigenvalue weighted by Crippen LogP contribution is -2.48. The van der Waals surface area contributed by atoms with Gasteiger partial charge in [-0.1, -0.05) is 35.6 Å². The summed E-state index contributed by atoms with van der Waals surface area (Å²) in [4.78, 5) is 24.1. The van der Waals surface area contributed by atoms with E-state index in [1.54, 1.807) is 12.1 Å². The molecular formula is C23H21N5O3S. The van der Waals surface area contributed by atoms with Crippen LogP contribution in [-0.4, -0.2) is 52.6 Å². The van der Waals surface area contributed by atoms with E-state index in [2.05, 4.69) is 20.2 Å². The number of para-hydroxylation sites is 1. The van der Waals surface area contributed by atoms with Crippen LogP contribution >= 0.6 is 11.3 Å². The Kier molecular flexibility index (Phi) is 5.12. The molecule has 0 spiro atoms. The van der Waals surface area contributed by atoms with Gasteiger partial charge in [0.25, 0.3) is 0 Å². The van der Waals surface area contributed by atoms with Gasteiger partial charge >= 0.3 is 5.97 Å².